The Kier molecular flexibility index (Phi) is 3.13. The molecule has 0 unspecified atom stereocenters. The first-order chi connectivity index (χ1) is 9.07. The second-order valence-corrected chi connectivity index (χ2v) is 6.17. The Hall–Kier alpha value is -1.29. The zero-order valence-electron chi connectivity index (χ0n) is 11.5. The van der Waals surface area contributed by atoms with Gasteiger partial charge in [-0.25, -0.2) is 0 Å². The number of aliphatic hydroxyl groups is 1. The van der Waals surface area contributed by atoms with Gasteiger partial charge in [-0.15, -0.1) is 0 Å². The van der Waals surface area contributed by atoms with E-state index in [9.17, 15) is 9.90 Å². The van der Waals surface area contributed by atoms with Crippen molar-refractivity contribution in [2.75, 3.05) is 13.1 Å². The molecule has 1 aromatic heterocycles. The maximum atomic E-state index is 12.6. The SMILES string of the molecule is CC1(O)CCN(C(=O)c2cccn2C2CCC2)CC1. The van der Waals surface area contributed by atoms with E-state index in [2.05, 4.69) is 4.57 Å². The van der Waals surface area contributed by atoms with Gasteiger partial charge in [0.15, 0.2) is 0 Å². The standard InChI is InChI=1S/C15H22N2O2/c1-15(19)7-10-16(11-8-15)14(18)13-6-3-9-17(13)12-4-2-5-12/h3,6,9,12,19H,2,4-5,7-8,10-11H2,1H3. The zero-order valence-corrected chi connectivity index (χ0v) is 11.5. The molecule has 2 heterocycles. The highest BCUT2D eigenvalue weighted by Gasteiger charge is 2.32. The quantitative estimate of drug-likeness (QED) is 0.888. The number of amides is 1. The molecule has 3 rings (SSSR count). The molecule has 2 fully saturated rings. The van der Waals surface area contributed by atoms with Crippen LogP contribution in [0.3, 0.4) is 0 Å². The van der Waals surface area contributed by atoms with Crippen molar-refractivity contribution in [1.82, 2.24) is 9.47 Å². The minimum Gasteiger partial charge on any atom is -0.390 e. The van der Waals surface area contributed by atoms with Gasteiger partial charge in [-0.3, -0.25) is 4.79 Å². The molecule has 1 saturated heterocycles. The molecule has 104 valence electrons. The van der Waals surface area contributed by atoms with Crippen LogP contribution in [0.4, 0.5) is 0 Å². The Morgan fingerprint density at radius 2 is 2.05 bits per heavy atom. The number of piperidine rings is 1. The zero-order chi connectivity index (χ0) is 13.5. The number of likely N-dealkylation sites (tertiary alicyclic amines) is 1. The van der Waals surface area contributed by atoms with E-state index in [-0.39, 0.29) is 5.91 Å². The van der Waals surface area contributed by atoms with Crippen molar-refractivity contribution < 1.29 is 9.90 Å². The van der Waals surface area contributed by atoms with Gasteiger partial charge in [0, 0.05) is 25.3 Å². The summed E-state index contributed by atoms with van der Waals surface area (Å²) < 4.78 is 2.14. The number of nitrogens with zero attached hydrogens (tertiary/aromatic N) is 2. The summed E-state index contributed by atoms with van der Waals surface area (Å²) in [5.74, 6) is 0.118. The van der Waals surface area contributed by atoms with Crippen LogP contribution in [0.5, 0.6) is 0 Å². The topological polar surface area (TPSA) is 45.5 Å². The summed E-state index contributed by atoms with van der Waals surface area (Å²) >= 11 is 0. The average Bonchev–Trinajstić information content (AvgIpc) is 2.75. The third-order valence-electron chi connectivity index (χ3n) is 4.59. The van der Waals surface area contributed by atoms with Crippen molar-refractivity contribution >= 4 is 5.91 Å². The molecular weight excluding hydrogens is 240 g/mol. The largest absolute Gasteiger partial charge is 0.390 e. The Bertz CT molecular complexity index is 464. The normalized spacial score (nSPS) is 23.2. The highest BCUT2D eigenvalue weighted by molar-refractivity contribution is 5.93. The molecule has 19 heavy (non-hydrogen) atoms. The molecule has 1 saturated carbocycles. The fourth-order valence-electron chi connectivity index (χ4n) is 2.91. The second-order valence-electron chi connectivity index (χ2n) is 6.17. The monoisotopic (exact) mass is 262 g/mol. The third kappa shape index (κ3) is 2.41. The predicted octanol–water partition coefficient (Wildman–Crippen LogP) is 2.20. The van der Waals surface area contributed by atoms with E-state index in [0.29, 0.717) is 32.0 Å². The van der Waals surface area contributed by atoms with Gasteiger partial charge in [-0.1, -0.05) is 0 Å². The Balaban J connectivity index is 1.72. The summed E-state index contributed by atoms with van der Waals surface area (Å²) in [4.78, 5) is 14.4. The van der Waals surface area contributed by atoms with Crippen LogP contribution in [0.2, 0.25) is 0 Å². The lowest BCUT2D eigenvalue weighted by atomic mass is 9.92. The van der Waals surface area contributed by atoms with Crippen LogP contribution < -0.4 is 0 Å². The van der Waals surface area contributed by atoms with Gasteiger partial charge in [0.25, 0.3) is 5.91 Å². The van der Waals surface area contributed by atoms with Crippen LogP contribution >= 0.6 is 0 Å². The summed E-state index contributed by atoms with van der Waals surface area (Å²) in [7, 11) is 0. The smallest absolute Gasteiger partial charge is 0.270 e. The first-order valence-corrected chi connectivity index (χ1v) is 7.25. The molecule has 0 bridgehead atoms. The Morgan fingerprint density at radius 1 is 1.37 bits per heavy atom. The molecule has 1 aromatic rings. The van der Waals surface area contributed by atoms with Crippen molar-refractivity contribution in [1.29, 1.82) is 0 Å². The van der Waals surface area contributed by atoms with Crippen LogP contribution in [0.1, 0.15) is 55.6 Å². The predicted molar refractivity (Wildman–Crippen MR) is 73.1 cm³/mol. The van der Waals surface area contributed by atoms with E-state index in [0.717, 1.165) is 5.69 Å². The Labute approximate surface area is 114 Å². The van der Waals surface area contributed by atoms with Gasteiger partial charge in [0.1, 0.15) is 5.69 Å². The molecule has 0 atom stereocenters. The van der Waals surface area contributed by atoms with Gasteiger partial charge in [0.05, 0.1) is 5.60 Å². The summed E-state index contributed by atoms with van der Waals surface area (Å²) in [5.41, 5.74) is 0.207. The maximum absolute atomic E-state index is 12.6. The lowest BCUT2D eigenvalue weighted by molar-refractivity contribution is -0.00243. The molecular formula is C15H22N2O2. The van der Waals surface area contributed by atoms with E-state index < -0.39 is 5.60 Å². The highest BCUT2D eigenvalue weighted by Crippen LogP contribution is 2.33. The van der Waals surface area contributed by atoms with Crippen molar-refractivity contribution in [3.8, 4) is 0 Å². The summed E-state index contributed by atoms with van der Waals surface area (Å²) in [6.07, 6.45) is 7.00. The van der Waals surface area contributed by atoms with E-state index in [1.807, 2.05) is 30.2 Å². The van der Waals surface area contributed by atoms with Gasteiger partial charge in [-0.2, -0.15) is 0 Å². The molecule has 0 radical (unpaired) electrons. The van der Waals surface area contributed by atoms with Crippen molar-refractivity contribution in [3.63, 3.8) is 0 Å². The lowest BCUT2D eigenvalue weighted by Crippen LogP contribution is -2.45. The molecule has 1 aliphatic carbocycles. The van der Waals surface area contributed by atoms with E-state index in [1.54, 1.807) is 0 Å². The summed E-state index contributed by atoms with van der Waals surface area (Å²) in [6.45, 7) is 3.16. The minimum absolute atomic E-state index is 0.118. The summed E-state index contributed by atoms with van der Waals surface area (Å²) in [6, 6.07) is 4.40. The lowest BCUT2D eigenvalue weighted by Gasteiger charge is -2.36. The number of carbonyl (C=O) groups is 1. The van der Waals surface area contributed by atoms with Crippen molar-refractivity contribution in [3.05, 3.63) is 24.0 Å². The third-order valence-corrected chi connectivity index (χ3v) is 4.59. The fraction of sp³-hybridized carbons (Fsp3) is 0.667. The van der Waals surface area contributed by atoms with Crippen LogP contribution in [-0.2, 0) is 0 Å². The number of rotatable bonds is 2. The van der Waals surface area contributed by atoms with Gasteiger partial charge >= 0.3 is 0 Å². The first kappa shape index (κ1) is 12.7. The molecule has 4 nitrogen and oxygen atoms in total. The van der Waals surface area contributed by atoms with E-state index in [1.165, 1.54) is 19.3 Å². The van der Waals surface area contributed by atoms with Crippen LogP contribution in [0.15, 0.2) is 18.3 Å². The molecule has 4 heteroatoms. The molecule has 1 amide bonds. The maximum Gasteiger partial charge on any atom is 0.270 e. The number of carbonyl (C=O) groups excluding carboxylic acids is 1. The summed E-state index contributed by atoms with van der Waals surface area (Å²) in [5, 5.41) is 9.95. The van der Waals surface area contributed by atoms with Crippen LogP contribution in [0.25, 0.3) is 0 Å². The average molecular weight is 262 g/mol. The van der Waals surface area contributed by atoms with E-state index >= 15 is 0 Å². The number of aromatic nitrogens is 1. The molecule has 1 aliphatic heterocycles. The van der Waals surface area contributed by atoms with Crippen LogP contribution in [-0.4, -0.2) is 39.2 Å². The minimum atomic E-state index is -0.604. The Morgan fingerprint density at radius 3 is 2.63 bits per heavy atom. The van der Waals surface area contributed by atoms with Gasteiger partial charge in [0.2, 0.25) is 0 Å². The molecule has 2 aliphatic rings. The van der Waals surface area contributed by atoms with Crippen molar-refractivity contribution in [2.24, 2.45) is 0 Å². The highest BCUT2D eigenvalue weighted by atomic mass is 16.3. The number of hydrogen-bond donors (Lipinski definition) is 1. The first-order valence-electron chi connectivity index (χ1n) is 7.25. The van der Waals surface area contributed by atoms with Gasteiger partial charge in [-0.05, 0) is 51.2 Å². The molecule has 1 N–H and O–H groups in total. The molecule has 0 spiro atoms. The van der Waals surface area contributed by atoms with E-state index in [4.69, 9.17) is 0 Å². The van der Waals surface area contributed by atoms with Gasteiger partial charge < -0.3 is 14.6 Å². The number of hydrogen-bond acceptors (Lipinski definition) is 2. The molecule has 0 aromatic carbocycles. The van der Waals surface area contributed by atoms with Crippen molar-refractivity contribution in [2.45, 2.75) is 50.7 Å². The fourth-order valence-corrected chi connectivity index (χ4v) is 2.91. The van der Waals surface area contributed by atoms with Crippen LogP contribution in [0, 0.1) is 0 Å². The second kappa shape index (κ2) is 4.67.